The van der Waals surface area contributed by atoms with Gasteiger partial charge >= 0.3 is 6.01 Å². The number of carbonyl (C=O) groups excluding carboxylic acids is 1. The van der Waals surface area contributed by atoms with E-state index in [1.807, 2.05) is 0 Å². The van der Waals surface area contributed by atoms with Crippen LogP contribution in [0.1, 0.15) is 42.5 Å². The van der Waals surface area contributed by atoms with Gasteiger partial charge in [-0.15, -0.1) is 0 Å². The van der Waals surface area contributed by atoms with Crippen molar-refractivity contribution >= 4 is 28.2 Å². The highest BCUT2D eigenvalue weighted by molar-refractivity contribution is 5.97. The number of anilines is 2. The largest absolute Gasteiger partial charge is 0.463 e. The number of piperazine rings is 1. The fourth-order valence-electron chi connectivity index (χ4n) is 6.35. The molecule has 1 aliphatic carbocycles. The monoisotopic (exact) mass is 529 g/mol. The van der Waals surface area contributed by atoms with Crippen LogP contribution in [0.3, 0.4) is 0 Å². The number of hydrogen-bond donors (Lipinski definition) is 0. The van der Waals surface area contributed by atoms with E-state index in [0.717, 1.165) is 30.0 Å². The summed E-state index contributed by atoms with van der Waals surface area (Å²) in [6, 6.07) is 13.4. The Morgan fingerprint density at radius 1 is 1.03 bits per heavy atom. The Morgan fingerprint density at radius 2 is 1.77 bits per heavy atom. The first kappa shape index (κ1) is 25.6. The topological polar surface area (TPSA) is 61.8 Å². The van der Waals surface area contributed by atoms with E-state index in [0.29, 0.717) is 51.3 Å². The molecule has 1 amide bonds. The molecule has 1 aromatic heterocycles. The van der Waals surface area contributed by atoms with Crippen LogP contribution in [0.25, 0.3) is 10.8 Å². The molecule has 8 heteroatoms. The molecule has 0 bridgehead atoms. The maximum atomic E-state index is 13.4. The van der Waals surface area contributed by atoms with Gasteiger partial charge in [0.25, 0.3) is 5.91 Å². The van der Waals surface area contributed by atoms with Crippen LogP contribution in [0.2, 0.25) is 0 Å². The number of hydrogen-bond acceptors (Lipinski definition) is 6. The van der Waals surface area contributed by atoms with Gasteiger partial charge < -0.3 is 19.4 Å². The Labute approximate surface area is 229 Å². The third-order valence-electron chi connectivity index (χ3n) is 8.48. The zero-order valence-corrected chi connectivity index (χ0v) is 22.7. The number of aryl methyl sites for hydroxylation is 1. The number of ether oxygens (including phenoxy) is 1. The summed E-state index contributed by atoms with van der Waals surface area (Å²) in [5.74, 6) is -0.0804. The highest BCUT2D eigenvalue weighted by Gasteiger charge is 2.30. The normalized spacial score (nSPS) is 17.9. The predicted molar refractivity (Wildman–Crippen MR) is 152 cm³/mol. The van der Waals surface area contributed by atoms with E-state index in [4.69, 9.17) is 14.7 Å². The smallest absolute Gasteiger partial charge is 0.318 e. The van der Waals surface area contributed by atoms with Gasteiger partial charge in [-0.25, -0.2) is 4.39 Å². The number of rotatable bonds is 6. The van der Waals surface area contributed by atoms with Gasteiger partial charge in [0, 0.05) is 49.4 Å². The van der Waals surface area contributed by atoms with Crippen LogP contribution in [0, 0.1) is 12.8 Å². The van der Waals surface area contributed by atoms with Crippen LogP contribution in [0.15, 0.2) is 48.8 Å². The third-order valence-corrected chi connectivity index (χ3v) is 8.48. The summed E-state index contributed by atoms with van der Waals surface area (Å²) in [7, 11) is 0. The number of halogens is 1. The Kier molecular flexibility index (Phi) is 7.11. The Bertz CT molecular complexity index is 1390. The summed E-state index contributed by atoms with van der Waals surface area (Å²) >= 11 is 0. The van der Waals surface area contributed by atoms with Crippen molar-refractivity contribution in [2.75, 3.05) is 49.1 Å². The lowest BCUT2D eigenvalue weighted by Crippen LogP contribution is -2.49. The Hall–Kier alpha value is -3.68. The van der Waals surface area contributed by atoms with Crippen molar-refractivity contribution < 1.29 is 13.9 Å². The van der Waals surface area contributed by atoms with Gasteiger partial charge in [-0.3, -0.25) is 4.79 Å². The third kappa shape index (κ3) is 5.16. The first-order chi connectivity index (χ1) is 19.0. The van der Waals surface area contributed by atoms with Crippen molar-refractivity contribution in [2.24, 2.45) is 5.92 Å². The lowest BCUT2D eigenvalue weighted by atomic mass is 9.99. The van der Waals surface area contributed by atoms with Gasteiger partial charge in [0.1, 0.15) is 5.82 Å². The van der Waals surface area contributed by atoms with Crippen LogP contribution >= 0.6 is 0 Å². The van der Waals surface area contributed by atoms with Crippen LogP contribution in [-0.4, -0.2) is 60.1 Å². The zero-order valence-electron chi connectivity index (χ0n) is 22.7. The van der Waals surface area contributed by atoms with E-state index in [2.05, 4.69) is 59.7 Å². The Balaban J connectivity index is 1.30. The summed E-state index contributed by atoms with van der Waals surface area (Å²) < 4.78 is 19.7. The first-order valence-electron chi connectivity index (χ1n) is 14.1. The number of aromatic nitrogens is 2. The summed E-state index contributed by atoms with van der Waals surface area (Å²) in [4.78, 5) is 28.1. The molecule has 1 saturated carbocycles. The summed E-state index contributed by atoms with van der Waals surface area (Å²) in [6.07, 6.45) is 5.73. The predicted octanol–water partition coefficient (Wildman–Crippen LogP) is 5.20. The molecule has 0 spiro atoms. The molecule has 2 aliphatic heterocycles. The van der Waals surface area contributed by atoms with Crippen molar-refractivity contribution in [1.29, 1.82) is 0 Å². The molecule has 2 aromatic carbocycles. The molecule has 204 valence electrons. The number of benzene rings is 2. The van der Waals surface area contributed by atoms with Gasteiger partial charge in [0.15, 0.2) is 5.83 Å². The molecule has 3 heterocycles. The quantitative estimate of drug-likeness (QED) is 0.409. The minimum absolute atomic E-state index is 0.431. The fraction of sp³-hybridized carbons (Fsp3) is 0.452. The molecule has 1 saturated heterocycles. The van der Waals surface area contributed by atoms with Crippen LogP contribution in [-0.2, 0) is 17.8 Å². The van der Waals surface area contributed by atoms with Crippen molar-refractivity contribution in [3.05, 3.63) is 65.6 Å². The second-order valence-electron chi connectivity index (χ2n) is 11.0. The van der Waals surface area contributed by atoms with Crippen LogP contribution in [0.4, 0.5) is 15.9 Å². The van der Waals surface area contributed by atoms with E-state index in [1.165, 1.54) is 52.6 Å². The van der Waals surface area contributed by atoms with Gasteiger partial charge in [-0.1, -0.05) is 49.8 Å². The highest BCUT2D eigenvalue weighted by atomic mass is 19.1. The van der Waals surface area contributed by atoms with Crippen molar-refractivity contribution in [2.45, 2.75) is 45.6 Å². The average molecular weight is 530 g/mol. The lowest BCUT2D eigenvalue weighted by Gasteiger charge is -2.38. The van der Waals surface area contributed by atoms with E-state index in [9.17, 15) is 9.18 Å². The molecule has 3 aliphatic rings. The fourth-order valence-corrected chi connectivity index (χ4v) is 6.35. The maximum Gasteiger partial charge on any atom is 0.318 e. The van der Waals surface area contributed by atoms with Gasteiger partial charge in [0.2, 0.25) is 0 Å². The molecule has 2 fully saturated rings. The highest BCUT2D eigenvalue weighted by Crippen LogP contribution is 2.36. The molecule has 0 atom stereocenters. The molecular weight excluding hydrogens is 493 g/mol. The minimum atomic E-state index is -0.908. The molecule has 3 aromatic rings. The van der Waals surface area contributed by atoms with E-state index in [-0.39, 0.29) is 0 Å². The summed E-state index contributed by atoms with van der Waals surface area (Å²) in [5.41, 5.74) is 4.63. The molecule has 7 nitrogen and oxygen atoms in total. The van der Waals surface area contributed by atoms with Crippen LogP contribution < -0.4 is 14.5 Å². The van der Waals surface area contributed by atoms with Crippen molar-refractivity contribution in [1.82, 2.24) is 14.9 Å². The second kappa shape index (κ2) is 10.8. The maximum absolute atomic E-state index is 13.4. The molecule has 0 radical (unpaired) electrons. The summed E-state index contributed by atoms with van der Waals surface area (Å²) in [6.45, 7) is 9.55. The van der Waals surface area contributed by atoms with E-state index in [1.54, 1.807) is 0 Å². The number of carbonyl (C=O) groups is 1. The molecule has 0 N–H and O–H groups in total. The van der Waals surface area contributed by atoms with Crippen LogP contribution in [0.5, 0.6) is 6.01 Å². The molecule has 6 rings (SSSR count). The van der Waals surface area contributed by atoms with Gasteiger partial charge in [-0.05, 0) is 49.1 Å². The van der Waals surface area contributed by atoms with Crippen molar-refractivity contribution in [3.8, 4) is 6.01 Å². The first-order valence-corrected chi connectivity index (χ1v) is 14.1. The zero-order chi connectivity index (χ0) is 26.9. The minimum Gasteiger partial charge on any atom is -0.463 e. The average Bonchev–Trinajstić information content (AvgIpc) is 3.49. The number of fused-ring (bicyclic) bond motifs is 2. The Morgan fingerprint density at radius 3 is 2.51 bits per heavy atom. The molecule has 0 unspecified atom stereocenters. The SMILES string of the molecule is C=C(F)C(=O)N1CCN(c2nc(OCC3CCCC3)nc3c2CCN(c2cccc4cccc(C)c24)C3)CC1. The number of amides is 1. The molecule has 39 heavy (non-hydrogen) atoms. The van der Waals surface area contributed by atoms with E-state index >= 15 is 0 Å². The summed E-state index contributed by atoms with van der Waals surface area (Å²) in [5, 5.41) is 2.52. The molecular formula is C31H36FN5O2. The van der Waals surface area contributed by atoms with Gasteiger partial charge in [0.05, 0.1) is 18.8 Å². The second-order valence-corrected chi connectivity index (χ2v) is 11.0. The van der Waals surface area contributed by atoms with E-state index < -0.39 is 11.7 Å². The van der Waals surface area contributed by atoms with Gasteiger partial charge in [-0.2, -0.15) is 9.97 Å². The lowest BCUT2D eigenvalue weighted by molar-refractivity contribution is -0.128. The number of nitrogens with zero attached hydrogens (tertiary/aromatic N) is 5. The standard InChI is InChI=1S/C31H36FN5O2/c1-21-7-5-10-24-11-6-12-27(28(21)24)37-14-13-25-26(19-37)33-31(39-20-23-8-3-4-9-23)34-29(25)35-15-17-36(18-16-35)30(38)22(2)32/h5-7,10-12,23H,2-4,8-9,13-20H2,1H3. The van der Waals surface area contributed by atoms with Crippen molar-refractivity contribution in [3.63, 3.8) is 0 Å².